The Balaban J connectivity index is 1.57. The number of rotatable bonds is 1. The summed E-state index contributed by atoms with van der Waals surface area (Å²) in [6, 6.07) is 9.48. The van der Waals surface area contributed by atoms with Crippen LogP contribution in [0.25, 0.3) is 0 Å². The van der Waals surface area contributed by atoms with Gasteiger partial charge >= 0.3 is 0 Å². The van der Waals surface area contributed by atoms with E-state index in [0.717, 1.165) is 19.1 Å². The van der Waals surface area contributed by atoms with Crippen molar-refractivity contribution in [3.05, 3.63) is 35.4 Å². The quantitative estimate of drug-likeness (QED) is 0.818. The van der Waals surface area contributed by atoms with E-state index in [2.05, 4.69) is 29.6 Å². The van der Waals surface area contributed by atoms with Gasteiger partial charge < -0.3 is 10.1 Å². The minimum Gasteiger partial charge on any atom is -0.375 e. The lowest BCUT2D eigenvalue weighted by molar-refractivity contribution is -0.147. The molecule has 1 saturated carbocycles. The van der Waals surface area contributed by atoms with Crippen LogP contribution < -0.4 is 5.32 Å². The fraction of sp³-hybridized carbons (Fsp3) is 0.625. The zero-order chi connectivity index (χ0) is 12.0. The van der Waals surface area contributed by atoms with E-state index in [-0.39, 0.29) is 5.60 Å². The Bertz CT molecular complexity index is 452. The standard InChI is InChI=1S/C16H21NO/c1-2-5-14-13(4-1)11-17-15(14)12-6-9-18-16(10-12)7-3-8-16/h1-2,4-5,12,15,17H,3,6-11H2. The second-order valence-corrected chi connectivity index (χ2v) is 6.20. The van der Waals surface area contributed by atoms with Crippen LogP contribution >= 0.6 is 0 Å². The van der Waals surface area contributed by atoms with Gasteiger partial charge in [-0.3, -0.25) is 0 Å². The molecule has 96 valence electrons. The predicted octanol–water partition coefficient (Wildman–Crippen LogP) is 3.18. The van der Waals surface area contributed by atoms with Crippen molar-refractivity contribution in [2.24, 2.45) is 5.92 Å². The summed E-state index contributed by atoms with van der Waals surface area (Å²) in [5.74, 6) is 0.766. The SMILES string of the molecule is c1ccc2c(c1)CNC2C1CCOC2(CCC2)C1. The molecule has 2 atom stereocenters. The first kappa shape index (κ1) is 11.0. The van der Waals surface area contributed by atoms with Gasteiger partial charge in [-0.05, 0) is 49.1 Å². The molecule has 0 radical (unpaired) electrons. The van der Waals surface area contributed by atoms with Crippen LogP contribution in [0.5, 0.6) is 0 Å². The molecule has 2 heterocycles. The van der Waals surface area contributed by atoms with Gasteiger partial charge in [0.15, 0.2) is 0 Å². The van der Waals surface area contributed by atoms with Crippen molar-refractivity contribution in [3.8, 4) is 0 Å². The second kappa shape index (κ2) is 4.07. The minimum absolute atomic E-state index is 0.266. The van der Waals surface area contributed by atoms with E-state index in [4.69, 9.17) is 4.74 Å². The first-order chi connectivity index (χ1) is 8.86. The molecule has 2 unspecified atom stereocenters. The summed E-state index contributed by atoms with van der Waals surface area (Å²) in [6.07, 6.45) is 6.42. The molecule has 1 aliphatic carbocycles. The molecule has 2 nitrogen and oxygen atoms in total. The van der Waals surface area contributed by atoms with Crippen LogP contribution in [0.4, 0.5) is 0 Å². The van der Waals surface area contributed by atoms with Gasteiger partial charge in [0, 0.05) is 19.2 Å². The number of nitrogens with one attached hydrogen (secondary N) is 1. The fourth-order valence-electron chi connectivity index (χ4n) is 4.02. The van der Waals surface area contributed by atoms with E-state index in [1.54, 1.807) is 5.56 Å². The molecule has 18 heavy (non-hydrogen) atoms. The Morgan fingerprint density at radius 3 is 2.94 bits per heavy atom. The van der Waals surface area contributed by atoms with E-state index in [1.165, 1.54) is 37.7 Å². The molecule has 2 heteroatoms. The zero-order valence-electron chi connectivity index (χ0n) is 10.8. The summed E-state index contributed by atoms with van der Waals surface area (Å²) in [5, 5.41) is 3.72. The van der Waals surface area contributed by atoms with Crippen LogP contribution in [0.1, 0.15) is 49.3 Å². The Labute approximate surface area is 109 Å². The Kier molecular flexibility index (Phi) is 2.49. The number of benzene rings is 1. The van der Waals surface area contributed by atoms with Crippen molar-refractivity contribution in [1.82, 2.24) is 5.32 Å². The van der Waals surface area contributed by atoms with Crippen molar-refractivity contribution in [3.63, 3.8) is 0 Å². The average Bonchev–Trinajstić information content (AvgIpc) is 2.81. The maximum atomic E-state index is 6.05. The van der Waals surface area contributed by atoms with E-state index in [9.17, 15) is 0 Å². The first-order valence-corrected chi connectivity index (χ1v) is 7.32. The molecular formula is C16H21NO. The second-order valence-electron chi connectivity index (χ2n) is 6.20. The summed E-state index contributed by atoms with van der Waals surface area (Å²) in [5.41, 5.74) is 3.30. The maximum Gasteiger partial charge on any atom is 0.0686 e. The van der Waals surface area contributed by atoms with Gasteiger partial charge in [0.1, 0.15) is 0 Å². The summed E-state index contributed by atoms with van der Waals surface area (Å²) in [7, 11) is 0. The third kappa shape index (κ3) is 1.63. The molecule has 2 fully saturated rings. The predicted molar refractivity (Wildman–Crippen MR) is 71.3 cm³/mol. The number of hydrogen-bond acceptors (Lipinski definition) is 2. The third-order valence-corrected chi connectivity index (χ3v) is 5.17. The molecule has 0 bridgehead atoms. The molecule has 1 aromatic rings. The van der Waals surface area contributed by atoms with Gasteiger partial charge in [-0.1, -0.05) is 24.3 Å². The summed E-state index contributed by atoms with van der Waals surface area (Å²) >= 11 is 0. The summed E-state index contributed by atoms with van der Waals surface area (Å²) in [4.78, 5) is 0. The van der Waals surface area contributed by atoms with Crippen LogP contribution in [-0.2, 0) is 11.3 Å². The number of hydrogen-bond donors (Lipinski definition) is 1. The molecule has 1 N–H and O–H groups in total. The van der Waals surface area contributed by atoms with Crippen LogP contribution in [0.3, 0.4) is 0 Å². The molecule has 1 aromatic carbocycles. The lowest BCUT2D eigenvalue weighted by Crippen LogP contribution is -2.47. The van der Waals surface area contributed by atoms with Crippen molar-refractivity contribution in [1.29, 1.82) is 0 Å². The van der Waals surface area contributed by atoms with E-state index in [0.29, 0.717) is 6.04 Å². The molecule has 1 saturated heterocycles. The molecule has 4 rings (SSSR count). The van der Waals surface area contributed by atoms with Gasteiger partial charge in [-0.15, -0.1) is 0 Å². The maximum absolute atomic E-state index is 6.05. The Hall–Kier alpha value is -0.860. The van der Waals surface area contributed by atoms with E-state index in [1.807, 2.05) is 0 Å². The average molecular weight is 243 g/mol. The highest BCUT2D eigenvalue weighted by atomic mass is 16.5. The largest absolute Gasteiger partial charge is 0.375 e. The van der Waals surface area contributed by atoms with Crippen molar-refractivity contribution >= 4 is 0 Å². The van der Waals surface area contributed by atoms with Crippen molar-refractivity contribution in [2.45, 2.75) is 50.3 Å². The highest BCUT2D eigenvalue weighted by Crippen LogP contribution is 2.48. The number of fused-ring (bicyclic) bond motifs is 1. The molecule has 2 aliphatic heterocycles. The van der Waals surface area contributed by atoms with Gasteiger partial charge in [0.2, 0.25) is 0 Å². The summed E-state index contributed by atoms with van der Waals surface area (Å²) in [6.45, 7) is 2.01. The molecular weight excluding hydrogens is 222 g/mol. The van der Waals surface area contributed by atoms with Crippen LogP contribution in [0, 0.1) is 5.92 Å². The minimum atomic E-state index is 0.266. The van der Waals surface area contributed by atoms with Crippen molar-refractivity contribution < 1.29 is 4.74 Å². The molecule has 0 amide bonds. The topological polar surface area (TPSA) is 21.3 Å². The van der Waals surface area contributed by atoms with E-state index < -0.39 is 0 Å². The molecule has 3 aliphatic rings. The van der Waals surface area contributed by atoms with Gasteiger partial charge in [-0.2, -0.15) is 0 Å². The van der Waals surface area contributed by atoms with E-state index >= 15 is 0 Å². The highest BCUT2D eigenvalue weighted by Gasteiger charge is 2.45. The number of ether oxygens (including phenoxy) is 1. The Morgan fingerprint density at radius 2 is 2.11 bits per heavy atom. The Morgan fingerprint density at radius 1 is 1.22 bits per heavy atom. The van der Waals surface area contributed by atoms with Crippen LogP contribution in [0.2, 0.25) is 0 Å². The zero-order valence-corrected chi connectivity index (χ0v) is 10.8. The highest BCUT2D eigenvalue weighted by molar-refractivity contribution is 5.34. The fourth-order valence-corrected chi connectivity index (χ4v) is 4.02. The van der Waals surface area contributed by atoms with Gasteiger partial charge in [0.25, 0.3) is 0 Å². The van der Waals surface area contributed by atoms with Crippen LogP contribution in [-0.4, -0.2) is 12.2 Å². The monoisotopic (exact) mass is 243 g/mol. The lowest BCUT2D eigenvalue weighted by atomic mass is 9.70. The van der Waals surface area contributed by atoms with Crippen molar-refractivity contribution in [2.75, 3.05) is 6.61 Å². The third-order valence-electron chi connectivity index (χ3n) is 5.17. The smallest absolute Gasteiger partial charge is 0.0686 e. The molecule has 1 spiro atoms. The summed E-state index contributed by atoms with van der Waals surface area (Å²) < 4.78 is 6.05. The van der Waals surface area contributed by atoms with Gasteiger partial charge in [-0.25, -0.2) is 0 Å². The van der Waals surface area contributed by atoms with Gasteiger partial charge in [0.05, 0.1) is 5.60 Å². The molecule has 0 aromatic heterocycles. The normalized spacial score (nSPS) is 33.1. The first-order valence-electron chi connectivity index (χ1n) is 7.32. The van der Waals surface area contributed by atoms with Crippen LogP contribution in [0.15, 0.2) is 24.3 Å². The lowest BCUT2D eigenvalue weighted by Gasteiger charge is -2.48.